The number of hydrogen-bond acceptors (Lipinski definition) is 3. The van der Waals surface area contributed by atoms with E-state index in [-0.39, 0.29) is 18.0 Å². The lowest BCUT2D eigenvalue weighted by molar-refractivity contribution is -0.124. The monoisotopic (exact) mass is 195 g/mol. The Hall–Kier alpha value is -1.08. The highest BCUT2D eigenvalue weighted by Crippen LogP contribution is 2.07. The molecule has 4 nitrogen and oxygen atoms in total. The second-order valence-corrected chi connectivity index (χ2v) is 3.77. The van der Waals surface area contributed by atoms with Crippen LogP contribution < -0.4 is 10.6 Å². The number of piperidine rings is 1. The average molecular weight is 195 g/mol. The molecular formula is C10H17N3O. The van der Waals surface area contributed by atoms with Crippen molar-refractivity contribution >= 4 is 5.91 Å². The molecule has 2 N–H and O–H groups in total. The normalized spacial score (nSPS) is 23.6. The van der Waals surface area contributed by atoms with Crippen molar-refractivity contribution in [1.82, 2.24) is 10.6 Å². The summed E-state index contributed by atoms with van der Waals surface area (Å²) < 4.78 is 0. The Morgan fingerprint density at radius 3 is 3.07 bits per heavy atom. The number of hydrogen-bond donors (Lipinski definition) is 2. The molecular weight excluding hydrogens is 178 g/mol. The van der Waals surface area contributed by atoms with E-state index in [2.05, 4.69) is 10.6 Å². The summed E-state index contributed by atoms with van der Waals surface area (Å²) in [5.74, 6) is 0.0347. The van der Waals surface area contributed by atoms with Crippen LogP contribution in [0.25, 0.3) is 0 Å². The van der Waals surface area contributed by atoms with Gasteiger partial charge in [0.15, 0.2) is 0 Å². The number of nitrogens with one attached hydrogen (secondary N) is 2. The third-order valence-electron chi connectivity index (χ3n) is 2.41. The third kappa shape index (κ3) is 3.35. The van der Waals surface area contributed by atoms with Crippen molar-refractivity contribution in [2.24, 2.45) is 0 Å². The zero-order chi connectivity index (χ0) is 10.4. The van der Waals surface area contributed by atoms with E-state index in [9.17, 15) is 4.79 Å². The van der Waals surface area contributed by atoms with Gasteiger partial charge in [-0.2, -0.15) is 5.26 Å². The minimum absolute atomic E-state index is 0.0347. The molecule has 1 rings (SSSR count). The lowest BCUT2D eigenvalue weighted by atomic mass is 10.0. The summed E-state index contributed by atoms with van der Waals surface area (Å²) >= 11 is 0. The Morgan fingerprint density at radius 1 is 1.71 bits per heavy atom. The minimum atomic E-state index is -0.0510. The van der Waals surface area contributed by atoms with E-state index in [1.165, 1.54) is 0 Å². The maximum absolute atomic E-state index is 11.6. The standard InChI is InChI=1S/C10H17N3O/c1-8(5-6-11)13-10(14)9-4-2-3-7-12-9/h8-9,12H,2-5,7H2,1H3,(H,13,14). The van der Waals surface area contributed by atoms with Crippen molar-refractivity contribution in [3.63, 3.8) is 0 Å². The second kappa shape index (κ2) is 5.61. The van der Waals surface area contributed by atoms with Crippen molar-refractivity contribution in [2.45, 2.75) is 44.7 Å². The molecule has 14 heavy (non-hydrogen) atoms. The van der Waals surface area contributed by atoms with E-state index in [1.54, 1.807) is 0 Å². The molecule has 1 amide bonds. The maximum Gasteiger partial charge on any atom is 0.237 e. The van der Waals surface area contributed by atoms with Gasteiger partial charge in [-0.3, -0.25) is 4.79 Å². The lowest BCUT2D eigenvalue weighted by Crippen LogP contribution is -2.48. The largest absolute Gasteiger partial charge is 0.351 e. The molecule has 1 saturated heterocycles. The number of carbonyl (C=O) groups excluding carboxylic acids is 1. The first kappa shape index (κ1) is 11.0. The van der Waals surface area contributed by atoms with E-state index in [4.69, 9.17) is 5.26 Å². The lowest BCUT2D eigenvalue weighted by Gasteiger charge is -2.23. The van der Waals surface area contributed by atoms with Crippen LogP contribution in [-0.2, 0) is 4.79 Å². The predicted molar refractivity (Wildman–Crippen MR) is 53.5 cm³/mol. The smallest absolute Gasteiger partial charge is 0.237 e. The van der Waals surface area contributed by atoms with Crippen LogP contribution in [0.15, 0.2) is 0 Å². The van der Waals surface area contributed by atoms with Crippen molar-refractivity contribution in [3.8, 4) is 6.07 Å². The molecule has 0 radical (unpaired) electrons. The zero-order valence-corrected chi connectivity index (χ0v) is 8.55. The van der Waals surface area contributed by atoms with Gasteiger partial charge in [0, 0.05) is 6.04 Å². The van der Waals surface area contributed by atoms with Gasteiger partial charge in [0.2, 0.25) is 5.91 Å². The molecule has 2 atom stereocenters. The van der Waals surface area contributed by atoms with Crippen LogP contribution in [0.3, 0.4) is 0 Å². The molecule has 0 bridgehead atoms. The van der Waals surface area contributed by atoms with Gasteiger partial charge in [-0.25, -0.2) is 0 Å². The van der Waals surface area contributed by atoms with Gasteiger partial charge in [-0.1, -0.05) is 6.42 Å². The highest BCUT2D eigenvalue weighted by molar-refractivity contribution is 5.82. The van der Waals surface area contributed by atoms with Gasteiger partial charge in [-0.15, -0.1) is 0 Å². The Kier molecular flexibility index (Phi) is 4.41. The van der Waals surface area contributed by atoms with E-state index in [0.717, 1.165) is 25.8 Å². The summed E-state index contributed by atoms with van der Waals surface area (Å²) in [5.41, 5.74) is 0. The van der Waals surface area contributed by atoms with E-state index in [1.807, 2.05) is 13.0 Å². The molecule has 1 heterocycles. The van der Waals surface area contributed by atoms with Crippen LogP contribution in [0.4, 0.5) is 0 Å². The van der Waals surface area contributed by atoms with Crippen LogP contribution in [-0.4, -0.2) is 24.5 Å². The fourth-order valence-electron chi connectivity index (χ4n) is 1.61. The fourth-order valence-corrected chi connectivity index (χ4v) is 1.61. The molecule has 2 unspecified atom stereocenters. The Balaban J connectivity index is 2.30. The van der Waals surface area contributed by atoms with Crippen molar-refractivity contribution in [3.05, 3.63) is 0 Å². The molecule has 0 aromatic rings. The molecule has 0 aliphatic carbocycles. The molecule has 0 aromatic heterocycles. The Bertz CT molecular complexity index is 228. The first-order valence-corrected chi connectivity index (χ1v) is 5.14. The first-order chi connectivity index (χ1) is 6.74. The topological polar surface area (TPSA) is 64.9 Å². The van der Waals surface area contributed by atoms with Gasteiger partial charge in [0.25, 0.3) is 0 Å². The summed E-state index contributed by atoms with van der Waals surface area (Å²) in [5, 5.41) is 14.4. The molecule has 0 aromatic carbocycles. The number of amides is 1. The highest BCUT2D eigenvalue weighted by atomic mass is 16.2. The van der Waals surface area contributed by atoms with Crippen LogP contribution in [0.1, 0.15) is 32.6 Å². The zero-order valence-electron chi connectivity index (χ0n) is 8.55. The SMILES string of the molecule is CC(CC#N)NC(=O)C1CCCCN1. The van der Waals surface area contributed by atoms with Crippen LogP contribution in [0.2, 0.25) is 0 Å². The summed E-state index contributed by atoms with van der Waals surface area (Å²) in [6.45, 7) is 2.77. The second-order valence-electron chi connectivity index (χ2n) is 3.77. The van der Waals surface area contributed by atoms with Gasteiger partial charge in [-0.05, 0) is 26.3 Å². The number of nitriles is 1. The summed E-state index contributed by atoms with van der Waals surface area (Å²) in [6.07, 6.45) is 3.54. The number of nitrogens with zero attached hydrogens (tertiary/aromatic N) is 1. The van der Waals surface area contributed by atoms with Gasteiger partial charge >= 0.3 is 0 Å². The molecule has 78 valence electrons. The van der Waals surface area contributed by atoms with E-state index < -0.39 is 0 Å². The Morgan fingerprint density at radius 2 is 2.50 bits per heavy atom. The molecule has 0 saturated carbocycles. The number of carbonyl (C=O) groups is 1. The van der Waals surface area contributed by atoms with Crippen molar-refractivity contribution in [1.29, 1.82) is 5.26 Å². The van der Waals surface area contributed by atoms with Crippen LogP contribution in [0.5, 0.6) is 0 Å². The van der Waals surface area contributed by atoms with Gasteiger partial charge < -0.3 is 10.6 Å². The molecule has 0 spiro atoms. The molecule has 4 heteroatoms. The van der Waals surface area contributed by atoms with E-state index >= 15 is 0 Å². The predicted octanol–water partition coefficient (Wildman–Crippen LogP) is 0.547. The van der Waals surface area contributed by atoms with Crippen molar-refractivity contribution in [2.75, 3.05) is 6.54 Å². The van der Waals surface area contributed by atoms with E-state index in [0.29, 0.717) is 6.42 Å². The van der Waals surface area contributed by atoms with Gasteiger partial charge in [0.1, 0.15) is 0 Å². The average Bonchev–Trinajstić information content (AvgIpc) is 2.19. The molecule has 1 aliphatic heterocycles. The van der Waals surface area contributed by atoms with Gasteiger partial charge in [0.05, 0.1) is 18.5 Å². The fraction of sp³-hybridized carbons (Fsp3) is 0.800. The quantitative estimate of drug-likeness (QED) is 0.691. The summed E-state index contributed by atoms with van der Waals surface area (Å²) in [4.78, 5) is 11.6. The molecule has 1 aliphatic rings. The third-order valence-corrected chi connectivity index (χ3v) is 2.41. The van der Waals surface area contributed by atoms with Crippen LogP contribution in [0, 0.1) is 11.3 Å². The number of rotatable bonds is 3. The Labute approximate surface area is 84.7 Å². The maximum atomic E-state index is 11.6. The van der Waals surface area contributed by atoms with Crippen molar-refractivity contribution < 1.29 is 4.79 Å². The summed E-state index contributed by atoms with van der Waals surface area (Å²) in [7, 11) is 0. The summed E-state index contributed by atoms with van der Waals surface area (Å²) in [6, 6.07) is 1.94. The highest BCUT2D eigenvalue weighted by Gasteiger charge is 2.21. The van der Waals surface area contributed by atoms with Crippen LogP contribution >= 0.6 is 0 Å². The minimum Gasteiger partial charge on any atom is -0.351 e. The first-order valence-electron chi connectivity index (χ1n) is 5.14. The molecule has 1 fully saturated rings.